The fourth-order valence-electron chi connectivity index (χ4n) is 2.26. The Bertz CT molecular complexity index is 1020. The van der Waals surface area contributed by atoms with E-state index in [9.17, 15) is 8.42 Å². The summed E-state index contributed by atoms with van der Waals surface area (Å²) in [6, 6.07) is 12.7. The van der Waals surface area contributed by atoms with Crippen LogP contribution >= 0.6 is 15.9 Å². The molecule has 1 heterocycles. The summed E-state index contributed by atoms with van der Waals surface area (Å²) in [4.78, 5) is 9.32. The number of nitrogens with zero attached hydrogens (tertiary/aromatic N) is 1. The molecule has 0 saturated carbocycles. The number of carbonyl (C=O) groups is 1. The third-order valence-electron chi connectivity index (χ3n) is 3.39. The van der Waals surface area contributed by atoms with Crippen LogP contribution in [0.3, 0.4) is 0 Å². The number of hydrogen-bond acceptors (Lipinski definition) is 3. The molecule has 1 aromatic heterocycles. The molecule has 5 nitrogen and oxygen atoms in total. The van der Waals surface area contributed by atoms with Gasteiger partial charge in [-0.2, -0.15) is 0 Å². The number of aromatic nitrogens is 1. The van der Waals surface area contributed by atoms with Gasteiger partial charge in [0.25, 0.3) is 5.97 Å². The van der Waals surface area contributed by atoms with Crippen LogP contribution in [0.4, 0.5) is 0 Å². The molecule has 0 fully saturated rings. The second kappa shape index (κ2) is 8.01. The Morgan fingerprint density at radius 2 is 1.72 bits per heavy atom. The molecule has 0 atom stereocenters. The minimum atomic E-state index is -3.55. The zero-order valence-electron chi connectivity index (χ0n) is 13.7. The zero-order chi connectivity index (χ0) is 18.8. The number of benzene rings is 2. The van der Waals surface area contributed by atoms with E-state index in [0.29, 0.717) is 31.0 Å². The summed E-state index contributed by atoms with van der Waals surface area (Å²) in [6.07, 6.45) is 1.76. The fourth-order valence-corrected chi connectivity index (χ4v) is 6.38. The molecule has 2 aromatic carbocycles. The molecule has 0 radical (unpaired) electrons. The molecular formula is C17H15BrHgNO4S. The number of rotatable bonds is 2. The number of hydrogen-bond donors (Lipinski definition) is 1. The summed E-state index contributed by atoms with van der Waals surface area (Å²) in [6.45, 7) is 3.02. The Kier molecular flexibility index (Phi) is 6.45. The van der Waals surface area contributed by atoms with Crippen LogP contribution in [0.2, 0.25) is 0 Å². The van der Waals surface area contributed by atoms with Crippen LogP contribution in [0.25, 0.3) is 10.9 Å². The first-order valence-electron chi connectivity index (χ1n) is 7.27. The molecule has 0 unspecified atom stereocenters. The van der Waals surface area contributed by atoms with E-state index < -0.39 is 16.0 Å². The standard InChI is InChI=1S/C15H11BrNO2S.C2H4O2.Hg/c1-11-2-6-14(7-3-11)20(18,19)17-9-8-12-4-5-13(16)10-15(12)17;1-2(3)4;/h2-7,9-10H,1H3;1H3,(H,3,4);. The van der Waals surface area contributed by atoms with Crippen LogP contribution in [0.1, 0.15) is 12.5 Å². The van der Waals surface area contributed by atoms with Crippen molar-refractivity contribution in [3.8, 4) is 0 Å². The Hall–Kier alpha value is -1.18. The van der Waals surface area contributed by atoms with Crippen molar-refractivity contribution >= 4 is 45.9 Å². The summed E-state index contributed by atoms with van der Waals surface area (Å²) >= 11 is 3.77. The van der Waals surface area contributed by atoms with Gasteiger partial charge in [-0.05, 0) is 0 Å². The van der Waals surface area contributed by atoms with Crippen LogP contribution < -0.4 is 3.07 Å². The molecule has 0 saturated heterocycles. The summed E-state index contributed by atoms with van der Waals surface area (Å²) in [7, 11) is -3.55. The average molecular weight is 610 g/mol. The van der Waals surface area contributed by atoms with E-state index >= 15 is 0 Å². The SMILES string of the molecule is CC(=O)O.Cc1ccc(S(=O)(=O)n2c[c]([Hg])c3ccc(Br)cc32)cc1. The molecule has 1 N–H and O–H groups in total. The fraction of sp³-hybridized carbons (Fsp3) is 0.118. The van der Waals surface area contributed by atoms with E-state index in [0.717, 1.165) is 30.9 Å². The molecule has 0 aliphatic rings. The Balaban J connectivity index is 0.000000511. The van der Waals surface area contributed by atoms with Crippen LogP contribution in [0, 0.1) is 6.92 Å². The van der Waals surface area contributed by atoms with Crippen molar-refractivity contribution in [2.24, 2.45) is 0 Å². The maximum atomic E-state index is 12.9. The third-order valence-corrected chi connectivity index (χ3v) is 7.77. The monoisotopic (exact) mass is 610 g/mol. The van der Waals surface area contributed by atoms with Gasteiger partial charge in [0.05, 0.1) is 0 Å². The molecule has 25 heavy (non-hydrogen) atoms. The van der Waals surface area contributed by atoms with Crippen LogP contribution in [0.15, 0.2) is 58.0 Å². The van der Waals surface area contributed by atoms with Crippen molar-refractivity contribution < 1.29 is 44.4 Å². The molecule has 3 rings (SSSR count). The van der Waals surface area contributed by atoms with Gasteiger partial charge in [0, 0.05) is 6.92 Å². The van der Waals surface area contributed by atoms with E-state index in [2.05, 4.69) is 15.9 Å². The predicted octanol–water partition coefficient (Wildman–Crippen LogP) is 3.21. The van der Waals surface area contributed by atoms with E-state index in [4.69, 9.17) is 9.90 Å². The maximum absolute atomic E-state index is 12.9. The summed E-state index contributed by atoms with van der Waals surface area (Å²) in [5.41, 5.74) is 1.77. The van der Waals surface area contributed by atoms with Crippen molar-refractivity contribution in [2.45, 2.75) is 18.7 Å². The van der Waals surface area contributed by atoms with Gasteiger partial charge in [-0.3, -0.25) is 4.79 Å². The zero-order valence-corrected chi connectivity index (χ0v) is 21.6. The van der Waals surface area contributed by atoms with E-state index in [1.807, 2.05) is 37.3 Å². The first-order valence-corrected chi connectivity index (χ1v) is 12.3. The molecular weight excluding hydrogens is 595 g/mol. The molecule has 0 aliphatic heterocycles. The molecule has 127 valence electrons. The molecule has 8 heteroatoms. The molecule has 0 amide bonds. The first-order chi connectivity index (χ1) is 11.6. The predicted molar refractivity (Wildman–Crippen MR) is 96.3 cm³/mol. The second-order valence-electron chi connectivity index (χ2n) is 5.45. The summed E-state index contributed by atoms with van der Waals surface area (Å²) < 4.78 is 29.1. The quantitative estimate of drug-likeness (QED) is 0.453. The number of halogens is 1. The van der Waals surface area contributed by atoms with Crippen LogP contribution in [-0.4, -0.2) is 23.5 Å². The van der Waals surface area contributed by atoms with Gasteiger partial charge in [-0.25, -0.2) is 0 Å². The van der Waals surface area contributed by atoms with Gasteiger partial charge in [-0.15, -0.1) is 0 Å². The minimum absolute atomic E-state index is 0.318. The summed E-state index contributed by atoms with van der Waals surface area (Å²) in [5, 5.41) is 8.44. The van der Waals surface area contributed by atoms with Crippen molar-refractivity contribution in [3.63, 3.8) is 0 Å². The number of fused-ring (bicyclic) bond motifs is 1. The Morgan fingerprint density at radius 3 is 2.28 bits per heavy atom. The number of carboxylic acids is 1. The topological polar surface area (TPSA) is 76.4 Å². The second-order valence-corrected chi connectivity index (χ2v) is 11.1. The number of aryl methyl sites for hydroxylation is 1. The van der Waals surface area contributed by atoms with Crippen molar-refractivity contribution in [2.75, 3.05) is 0 Å². The van der Waals surface area contributed by atoms with Crippen LogP contribution in [-0.2, 0) is 40.9 Å². The Morgan fingerprint density at radius 1 is 1.16 bits per heavy atom. The van der Waals surface area contributed by atoms with E-state index in [1.165, 1.54) is 3.97 Å². The van der Waals surface area contributed by atoms with Gasteiger partial charge < -0.3 is 5.11 Å². The van der Waals surface area contributed by atoms with Gasteiger partial charge in [0.15, 0.2) is 0 Å². The van der Waals surface area contributed by atoms with Crippen molar-refractivity contribution in [1.82, 2.24) is 3.97 Å². The number of aliphatic carboxylic acids is 1. The molecule has 0 bridgehead atoms. The molecule has 0 spiro atoms. The van der Waals surface area contributed by atoms with Gasteiger partial charge >= 0.3 is 149 Å². The molecule has 0 aliphatic carbocycles. The molecule has 3 aromatic rings. The van der Waals surface area contributed by atoms with Crippen molar-refractivity contribution in [1.29, 1.82) is 0 Å². The van der Waals surface area contributed by atoms with Gasteiger partial charge in [-0.1, -0.05) is 0 Å². The van der Waals surface area contributed by atoms with Gasteiger partial charge in [0.2, 0.25) is 0 Å². The van der Waals surface area contributed by atoms with Crippen LogP contribution in [0.5, 0.6) is 0 Å². The normalized spacial score (nSPS) is 11.1. The van der Waals surface area contributed by atoms with E-state index in [-0.39, 0.29) is 0 Å². The Labute approximate surface area is 170 Å². The average Bonchev–Trinajstić information content (AvgIpc) is 2.84. The van der Waals surface area contributed by atoms with E-state index in [1.54, 1.807) is 18.3 Å². The summed E-state index contributed by atoms with van der Waals surface area (Å²) in [5.74, 6) is -0.833. The first kappa shape index (κ1) is 20.1. The van der Waals surface area contributed by atoms with Gasteiger partial charge in [0.1, 0.15) is 0 Å². The van der Waals surface area contributed by atoms with Crippen molar-refractivity contribution in [3.05, 3.63) is 58.7 Å². The third kappa shape index (κ3) is 4.71. The number of carboxylic acid groups (broad SMARTS) is 1.